The van der Waals surface area contributed by atoms with Crippen LogP contribution in [0, 0.1) is 5.82 Å². The van der Waals surface area contributed by atoms with Gasteiger partial charge in [0.2, 0.25) is 5.88 Å². The Balaban J connectivity index is 2.03. The number of hydrogen-bond donors (Lipinski definition) is 1. The van der Waals surface area contributed by atoms with Crippen molar-refractivity contribution in [1.29, 1.82) is 0 Å². The Bertz CT molecular complexity index is 561. The third kappa shape index (κ3) is 3.42. The Morgan fingerprint density at radius 3 is 2.79 bits per heavy atom. The van der Waals surface area contributed by atoms with E-state index < -0.39 is 0 Å². The molecule has 0 atom stereocenters. The van der Waals surface area contributed by atoms with Gasteiger partial charge in [0.05, 0.1) is 12.8 Å². The number of hydrogen-bond acceptors (Lipinski definition) is 4. The van der Waals surface area contributed by atoms with Crippen molar-refractivity contribution in [1.82, 2.24) is 4.98 Å². The van der Waals surface area contributed by atoms with Crippen molar-refractivity contribution < 1.29 is 13.9 Å². The summed E-state index contributed by atoms with van der Waals surface area (Å²) in [6, 6.07) is 10.0. The van der Waals surface area contributed by atoms with Crippen molar-refractivity contribution in [2.45, 2.75) is 13.2 Å². The van der Waals surface area contributed by atoms with Crippen LogP contribution in [0.5, 0.6) is 11.6 Å². The van der Waals surface area contributed by atoms with E-state index >= 15 is 0 Å². The van der Waals surface area contributed by atoms with Gasteiger partial charge < -0.3 is 15.2 Å². The summed E-state index contributed by atoms with van der Waals surface area (Å²) in [6.45, 7) is 0.419. The minimum atomic E-state index is -0.362. The SMILES string of the molecule is COc1cccc(COc2ccc(CN)c(F)c2)n1. The van der Waals surface area contributed by atoms with E-state index in [1.165, 1.54) is 6.07 Å². The molecule has 19 heavy (non-hydrogen) atoms. The second-order valence-electron chi connectivity index (χ2n) is 3.92. The lowest BCUT2D eigenvalue weighted by atomic mass is 10.2. The normalized spacial score (nSPS) is 10.3. The molecule has 1 heterocycles. The monoisotopic (exact) mass is 262 g/mol. The zero-order chi connectivity index (χ0) is 13.7. The highest BCUT2D eigenvalue weighted by Gasteiger charge is 2.04. The van der Waals surface area contributed by atoms with Crippen LogP contribution in [0.4, 0.5) is 4.39 Å². The van der Waals surface area contributed by atoms with Gasteiger partial charge >= 0.3 is 0 Å². The van der Waals surface area contributed by atoms with Gasteiger partial charge in [0.25, 0.3) is 0 Å². The van der Waals surface area contributed by atoms with Gasteiger partial charge in [-0.15, -0.1) is 0 Å². The average molecular weight is 262 g/mol. The third-order valence-corrected chi connectivity index (χ3v) is 2.62. The fourth-order valence-electron chi connectivity index (χ4n) is 1.59. The van der Waals surface area contributed by atoms with Crippen LogP contribution in [-0.2, 0) is 13.2 Å². The number of nitrogens with two attached hydrogens (primary N) is 1. The predicted octanol–water partition coefficient (Wildman–Crippen LogP) is 2.27. The second kappa shape index (κ2) is 6.15. The number of halogens is 1. The van der Waals surface area contributed by atoms with Crippen LogP contribution in [0.1, 0.15) is 11.3 Å². The molecule has 0 unspecified atom stereocenters. The van der Waals surface area contributed by atoms with Crippen LogP contribution in [-0.4, -0.2) is 12.1 Å². The maximum Gasteiger partial charge on any atom is 0.213 e. The van der Waals surface area contributed by atoms with Crippen LogP contribution in [0.2, 0.25) is 0 Å². The van der Waals surface area contributed by atoms with E-state index in [-0.39, 0.29) is 19.0 Å². The summed E-state index contributed by atoms with van der Waals surface area (Å²) in [4.78, 5) is 4.20. The van der Waals surface area contributed by atoms with Gasteiger partial charge in [-0.1, -0.05) is 12.1 Å². The van der Waals surface area contributed by atoms with Crippen LogP contribution in [0.3, 0.4) is 0 Å². The van der Waals surface area contributed by atoms with Gasteiger partial charge in [0.1, 0.15) is 18.2 Å². The van der Waals surface area contributed by atoms with Crippen molar-refractivity contribution in [2.24, 2.45) is 5.73 Å². The van der Waals surface area contributed by atoms with Gasteiger partial charge in [-0.2, -0.15) is 0 Å². The largest absolute Gasteiger partial charge is 0.487 e. The molecule has 2 aromatic rings. The smallest absolute Gasteiger partial charge is 0.213 e. The van der Waals surface area contributed by atoms with Crippen LogP contribution >= 0.6 is 0 Å². The second-order valence-corrected chi connectivity index (χ2v) is 3.92. The quantitative estimate of drug-likeness (QED) is 0.898. The fraction of sp³-hybridized carbons (Fsp3) is 0.214. The molecule has 0 fully saturated rings. The van der Waals surface area contributed by atoms with Crippen LogP contribution in [0.25, 0.3) is 0 Å². The minimum Gasteiger partial charge on any atom is -0.487 e. The van der Waals surface area contributed by atoms with Crippen LogP contribution in [0.15, 0.2) is 36.4 Å². The Hall–Kier alpha value is -2.14. The van der Waals surface area contributed by atoms with Crippen molar-refractivity contribution in [3.05, 3.63) is 53.5 Å². The Morgan fingerprint density at radius 1 is 1.26 bits per heavy atom. The summed E-state index contributed by atoms with van der Waals surface area (Å²) < 4.78 is 24.0. The van der Waals surface area contributed by atoms with Gasteiger partial charge in [-0.05, 0) is 12.1 Å². The van der Waals surface area contributed by atoms with E-state index in [1.807, 2.05) is 12.1 Å². The van der Waals surface area contributed by atoms with E-state index in [2.05, 4.69) is 4.98 Å². The van der Waals surface area contributed by atoms with Crippen molar-refractivity contribution in [3.8, 4) is 11.6 Å². The summed E-state index contributed by atoms with van der Waals surface area (Å²) >= 11 is 0. The summed E-state index contributed by atoms with van der Waals surface area (Å²) in [5.41, 5.74) is 6.57. The molecule has 100 valence electrons. The Kier molecular flexibility index (Phi) is 4.30. The molecule has 0 aliphatic carbocycles. The van der Waals surface area contributed by atoms with E-state index in [0.717, 1.165) is 0 Å². The molecule has 1 aromatic heterocycles. The summed E-state index contributed by atoms with van der Waals surface area (Å²) in [7, 11) is 1.55. The predicted molar refractivity (Wildman–Crippen MR) is 69.4 cm³/mol. The molecule has 0 saturated carbocycles. The highest BCUT2D eigenvalue weighted by molar-refractivity contribution is 5.29. The third-order valence-electron chi connectivity index (χ3n) is 2.62. The molecule has 4 nitrogen and oxygen atoms in total. The molecule has 5 heteroatoms. The molecule has 2 rings (SSSR count). The van der Waals surface area contributed by atoms with E-state index in [0.29, 0.717) is 22.9 Å². The number of pyridine rings is 1. The summed E-state index contributed by atoms with van der Waals surface area (Å²) in [6.07, 6.45) is 0. The number of methoxy groups -OCH3 is 1. The molecule has 0 aliphatic heterocycles. The number of rotatable bonds is 5. The maximum absolute atomic E-state index is 13.5. The molecular weight excluding hydrogens is 247 g/mol. The standard InChI is InChI=1S/C14H15FN2O2/c1-18-14-4-2-3-11(17-14)9-19-12-6-5-10(8-16)13(15)7-12/h2-7H,8-9,16H2,1H3. The van der Waals surface area contributed by atoms with Gasteiger partial charge in [0, 0.05) is 24.2 Å². The molecule has 1 aromatic carbocycles. The lowest BCUT2D eigenvalue weighted by Crippen LogP contribution is -2.02. The number of aromatic nitrogens is 1. The average Bonchev–Trinajstić information content (AvgIpc) is 2.45. The number of benzene rings is 1. The molecule has 0 aliphatic rings. The zero-order valence-corrected chi connectivity index (χ0v) is 10.6. The first-order chi connectivity index (χ1) is 9.22. The van der Waals surface area contributed by atoms with Gasteiger partial charge in [0.15, 0.2) is 0 Å². The summed E-state index contributed by atoms with van der Waals surface area (Å²) in [5, 5.41) is 0. The molecule has 2 N–H and O–H groups in total. The highest BCUT2D eigenvalue weighted by atomic mass is 19.1. The van der Waals surface area contributed by atoms with E-state index in [1.54, 1.807) is 25.3 Å². The van der Waals surface area contributed by atoms with Crippen LogP contribution < -0.4 is 15.2 Å². The fourth-order valence-corrected chi connectivity index (χ4v) is 1.59. The Morgan fingerprint density at radius 2 is 2.11 bits per heavy atom. The molecule has 0 spiro atoms. The topological polar surface area (TPSA) is 57.4 Å². The van der Waals surface area contributed by atoms with E-state index in [9.17, 15) is 4.39 Å². The lowest BCUT2D eigenvalue weighted by Gasteiger charge is -2.08. The first kappa shape index (κ1) is 13.3. The molecule has 0 saturated heterocycles. The minimum absolute atomic E-state index is 0.170. The van der Waals surface area contributed by atoms with E-state index in [4.69, 9.17) is 15.2 Å². The zero-order valence-electron chi connectivity index (χ0n) is 10.6. The molecular formula is C14H15FN2O2. The Labute approximate surface area is 111 Å². The molecule has 0 radical (unpaired) electrons. The number of ether oxygens (including phenoxy) is 2. The van der Waals surface area contributed by atoms with Crippen molar-refractivity contribution >= 4 is 0 Å². The van der Waals surface area contributed by atoms with Gasteiger partial charge in [-0.3, -0.25) is 0 Å². The first-order valence-electron chi connectivity index (χ1n) is 5.84. The summed E-state index contributed by atoms with van der Waals surface area (Å²) in [5.74, 6) is 0.601. The molecule has 0 bridgehead atoms. The van der Waals surface area contributed by atoms with Crippen molar-refractivity contribution in [2.75, 3.05) is 7.11 Å². The highest BCUT2D eigenvalue weighted by Crippen LogP contribution is 2.17. The lowest BCUT2D eigenvalue weighted by molar-refractivity contribution is 0.296. The maximum atomic E-state index is 13.5. The number of nitrogens with zero attached hydrogens (tertiary/aromatic N) is 1. The van der Waals surface area contributed by atoms with Gasteiger partial charge in [-0.25, -0.2) is 9.37 Å². The molecule has 0 amide bonds. The first-order valence-corrected chi connectivity index (χ1v) is 5.84. The van der Waals surface area contributed by atoms with Crippen molar-refractivity contribution in [3.63, 3.8) is 0 Å².